The first kappa shape index (κ1) is 20.5. The van der Waals surface area contributed by atoms with Gasteiger partial charge in [-0.1, -0.05) is 30.3 Å². The van der Waals surface area contributed by atoms with Crippen molar-refractivity contribution in [2.45, 2.75) is 6.54 Å². The Hall–Kier alpha value is -4.21. The van der Waals surface area contributed by atoms with Crippen LogP contribution in [0.5, 0.6) is 0 Å². The van der Waals surface area contributed by atoms with Crippen LogP contribution in [0.15, 0.2) is 64.4 Å². The molecule has 1 aromatic carbocycles. The standard InChI is InChI=1S/C20H19N5O5/c1-24(15(26)12-30-19(28)14-7-9-22-10-8-14)16-17(21)25(20(29)23-18(16)27)11-13-5-3-2-4-6-13/h2-10H,11-12,21H2,1H3,(H,23,27,29). The first-order valence-corrected chi connectivity index (χ1v) is 8.88. The van der Waals surface area contributed by atoms with Crippen LogP contribution in [0, 0.1) is 0 Å². The normalized spacial score (nSPS) is 10.4. The number of aromatic nitrogens is 3. The number of pyridine rings is 1. The van der Waals surface area contributed by atoms with E-state index < -0.39 is 29.7 Å². The highest BCUT2D eigenvalue weighted by molar-refractivity contribution is 5.98. The number of esters is 1. The van der Waals surface area contributed by atoms with Gasteiger partial charge in [0, 0.05) is 19.4 Å². The third kappa shape index (κ3) is 4.43. The van der Waals surface area contributed by atoms with E-state index in [1.54, 1.807) is 24.3 Å². The summed E-state index contributed by atoms with van der Waals surface area (Å²) in [5, 5.41) is 0. The molecule has 3 N–H and O–H groups in total. The van der Waals surface area contributed by atoms with Crippen LogP contribution in [0.3, 0.4) is 0 Å². The molecule has 3 rings (SSSR count). The molecule has 1 amide bonds. The molecule has 0 bridgehead atoms. The monoisotopic (exact) mass is 409 g/mol. The van der Waals surface area contributed by atoms with Gasteiger partial charge in [-0.3, -0.25) is 24.1 Å². The van der Waals surface area contributed by atoms with Crippen LogP contribution in [0.25, 0.3) is 0 Å². The summed E-state index contributed by atoms with van der Waals surface area (Å²) in [6.07, 6.45) is 2.83. The van der Waals surface area contributed by atoms with Crippen LogP contribution in [0.4, 0.5) is 11.5 Å². The van der Waals surface area contributed by atoms with Crippen LogP contribution >= 0.6 is 0 Å². The van der Waals surface area contributed by atoms with Gasteiger partial charge in [-0.05, 0) is 17.7 Å². The minimum atomic E-state index is -0.821. The number of aromatic amines is 1. The van der Waals surface area contributed by atoms with Crippen molar-refractivity contribution in [1.82, 2.24) is 14.5 Å². The van der Waals surface area contributed by atoms with Crippen LogP contribution in [-0.4, -0.2) is 40.1 Å². The van der Waals surface area contributed by atoms with Crippen LogP contribution in [0.2, 0.25) is 0 Å². The van der Waals surface area contributed by atoms with E-state index in [-0.39, 0.29) is 23.6 Å². The number of carbonyl (C=O) groups excluding carboxylic acids is 2. The molecular weight excluding hydrogens is 390 g/mol. The molecule has 10 heteroatoms. The number of nitrogens with one attached hydrogen (secondary N) is 1. The fourth-order valence-corrected chi connectivity index (χ4v) is 2.74. The van der Waals surface area contributed by atoms with Gasteiger partial charge < -0.3 is 15.4 Å². The molecule has 0 radical (unpaired) electrons. The molecule has 0 spiro atoms. The molecule has 0 atom stereocenters. The van der Waals surface area contributed by atoms with Crippen molar-refractivity contribution in [1.29, 1.82) is 0 Å². The Labute approximate surface area is 170 Å². The third-order valence-corrected chi connectivity index (χ3v) is 4.35. The molecule has 0 aliphatic carbocycles. The number of benzene rings is 1. The lowest BCUT2D eigenvalue weighted by atomic mass is 10.2. The number of nitrogens with zero attached hydrogens (tertiary/aromatic N) is 3. The Balaban J connectivity index is 1.81. The molecule has 10 nitrogen and oxygen atoms in total. The van der Waals surface area contributed by atoms with Crippen LogP contribution in [0.1, 0.15) is 15.9 Å². The Morgan fingerprint density at radius 3 is 2.47 bits per heavy atom. The van der Waals surface area contributed by atoms with Gasteiger partial charge in [0.2, 0.25) is 0 Å². The Bertz CT molecular complexity index is 1170. The summed E-state index contributed by atoms with van der Waals surface area (Å²) in [4.78, 5) is 55.9. The fourth-order valence-electron chi connectivity index (χ4n) is 2.74. The zero-order valence-corrected chi connectivity index (χ0v) is 16.1. The molecule has 154 valence electrons. The highest BCUT2D eigenvalue weighted by Gasteiger charge is 2.22. The Morgan fingerprint density at radius 1 is 1.13 bits per heavy atom. The first-order valence-electron chi connectivity index (χ1n) is 8.88. The average molecular weight is 409 g/mol. The van der Waals surface area contributed by atoms with Gasteiger partial charge in [0.1, 0.15) is 5.82 Å². The van der Waals surface area contributed by atoms with Gasteiger partial charge in [-0.25, -0.2) is 9.59 Å². The molecule has 0 saturated heterocycles. The largest absolute Gasteiger partial charge is 0.452 e. The third-order valence-electron chi connectivity index (χ3n) is 4.35. The summed E-state index contributed by atoms with van der Waals surface area (Å²) in [6.45, 7) is -0.511. The van der Waals surface area contributed by atoms with Gasteiger partial charge in [-0.15, -0.1) is 0 Å². The number of likely N-dealkylation sites (N-methyl/N-ethyl adjacent to an activating group) is 1. The Morgan fingerprint density at radius 2 is 1.80 bits per heavy atom. The second-order valence-electron chi connectivity index (χ2n) is 6.33. The van der Waals surface area contributed by atoms with E-state index in [4.69, 9.17) is 10.5 Å². The van der Waals surface area contributed by atoms with Crippen molar-refractivity contribution in [3.8, 4) is 0 Å². The second kappa shape index (κ2) is 8.86. The molecule has 0 aliphatic rings. The van der Waals surface area contributed by atoms with Crippen LogP contribution < -0.4 is 21.9 Å². The summed E-state index contributed by atoms with van der Waals surface area (Å²) in [5.74, 6) is -1.58. The minimum Gasteiger partial charge on any atom is -0.452 e. The smallest absolute Gasteiger partial charge is 0.338 e. The highest BCUT2D eigenvalue weighted by Crippen LogP contribution is 2.16. The predicted molar refractivity (Wildman–Crippen MR) is 109 cm³/mol. The quantitative estimate of drug-likeness (QED) is 0.561. The maximum atomic E-state index is 12.5. The molecule has 0 unspecified atom stereocenters. The Kier molecular flexibility index (Phi) is 6.06. The van der Waals surface area contributed by atoms with E-state index in [0.29, 0.717) is 0 Å². The van der Waals surface area contributed by atoms with Gasteiger partial charge in [0.15, 0.2) is 12.3 Å². The summed E-state index contributed by atoms with van der Waals surface area (Å²) in [7, 11) is 1.31. The number of H-pyrrole nitrogens is 1. The van der Waals surface area contributed by atoms with Crippen molar-refractivity contribution in [2.75, 3.05) is 24.3 Å². The van der Waals surface area contributed by atoms with Crippen molar-refractivity contribution in [3.63, 3.8) is 0 Å². The molecule has 0 fully saturated rings. The van der Waals surface area contributed by atoms with E-state index in [9.17, 15) is 19.2 Å². The van der Waals surface area contributed by atoms with Gasteiger partial charge in [0.25, 0.3) is 11.5 Å². The van der Waals surface area contributed by atoms with E-state index in [1.165, 1.54) is 31.6 Å². The fraction of sp³-hybridized carbons (Fsp3) is 0.150. The van der Waals surface area contributed by atoms with Crippen molar-refractivity contribution in [3.05, 3.63) is 86.8 Å². The SMILES string of the molecule is CN(C(=O)COC(=O)c1ccncc1)c1c(N)n(Cc2ccccc2)c(=O)[nH]c1=O. The predicted octanol–water partition coefficient (Wildman–Crippen LogP) is 0.382. The number of anilines is 2. The zero-order valence-electron chi connectivity index (χ0n) is 16.1. The van der Waals surface area contributed by atoms with Crippen LogP contribution in [-0.2, 0) is 16.1 Å². The number of nitrogens with two attached hydrogens (primary N) is 1. The van der Waals surface area contributed by atoms with E-state index in [1.807, 2.05) is 6.07 Å². The number of hydrogen-bond donors (Lipinski definition) is 2. The lowest BCUT2D eigenvalue weighted by Gasteiger charge is -2.20. The minimum absolute atomic E-state index is 0.106. The van der Waals surface area contributed by atoms with E-state index in [0.717, 1.165) is 15.0 Å². The lowest BCUT2D eigenvalue weighted by Crippen LogP contribution is -2.40. The molecule has 2 aromatic heterocycles. The molecule has 2 heterocycles. The van der Waals surface area contributed by atoms with Crippen molar-refractivity contribution < 1.29 is 14.3 Å². The summed E-state index contributed by atoms with van der Waals surface area (Å²) >= 11 is 0. The molecule has 30 heavy (non-hydrogen) atoms. The summed E-state index contributed by atoms with van der Waals surface area (Å²) in [6, 6.07) is 11.9. The zero-order chi connectivity index (χ0) is 21.7. The molecular formula is C20H19N5O5. The first-order chi connectivity index (χ1) is 14.4. The highest BCUT2D eigenvalue weighted by atomic mass is 16.5. The van der Waals surface area contributed by atoms with Crippen molar-refractivity contribution >= 4 is 23.4 Å². The topological polar surface area (TPSA) is 140 Å². The summed E-state index contributed by atoms with van der Waals surface area (Å²) in [5.41, 5.74) is 5.33. The number of nitrogen functional groups attached to an aromatic ring is 1. The molecule has 3 aromatic rings. The van der Waals surface area contributed by atoms with Crippen molar-refractivity contribution in [2.24, 2.45) is 0 Å². The maximum absolute atomic E-state index is 12.5. The number of carbonyl (C=O) groups is 2. The lowest BCUT2D eigenvalue weighted by molar-refractivity contribution is -0.121. The number of rotatable bonds is 6. The second-order valence-corrected chi connectivity index (χ2v) is 6.33. The molecule has 0 aliphatic heterocycles. The summed E-state index contributed by atoms with van der Waals surface area (Å²) < 4.78 is 6.13. The average Bonchev–Trinajstić information content (AvgIpc) is 2.75. The maximum Gasteiger partial charge on any atom is 0.338 e. The molecule has 0 saturated carbocycles. The van der Waals surface area contributed by atoms with Gasteiger partial charge in [0.05, 0.1) is 12.1 Å². The van der Waals surface area contributed by atoms with E-state index in [2.05, 4.69) is 9.97 Å². The van der Waals surface area contributed by atoms with E-state index >= 15 is 0 Å². The number of amides is 1. The van der Waals surface area contributed by atoms with Gasteiger partial charge in [-0.2, -0.15) is 0 Å². The van der Waals surface area contributed by atoms with Gasteiger partial charge >= 0.3 is 11.7 Å². The number of ether oxygens (including phenoxy) is 1. The number of hydrogen-bond acceptors (Lipinski definition) is 7.